The van der Waals surface area contributed by atoms with E-state index in [9.17, 15) is 0 Å². The van der Waals surface area contributed by atoms with Gasteiger partial charge in [0.25, 0.3) is 0 Å². The van der Waals surface area contributed by atoms with E-state index in [4.69, 9.17) is 4.42 Å². The number of hydrogen-bond donors (Lipinski definition) is 1. The predicted octanol–water partition coefficient (Wildman–Crippen LogP) is 2.71. The van der Waals surface area contributed by atoms with Crippen LogP contribution in [0.15, 0.2) is 28.7 Å². The van der Waals surface area contributed by atoms with Gasteiger partial charge in [-0.05, 0) is 45.1 Å². The monoisotopic (exact) mass is 244 g/mol. The van der Waals surface area contributed by atoms with Crippen molar-refractivity contribution in [1.82, 2.24) is 10.2 Å². The van der Waals surface area contributed by atoms with Crippen molar-refractivity contribution in [1.29, 1.82) is 0 Å². The van der Waals surface area contributed by atoms with Crippen LogP contribution in [0, 0.1) is 6.92 Å². The zero-order chi connectivity index (χ0) is 12.5. The van der Waals surface area contributed by atoms with E-state index in [0.29, 0.717) is 6.04 Å². The summed E-state index contributed by atoms with van der Waals surface area (Å²) >= 11 is 0. The number of aryl methyl sites for hydroxylation is 1. The van der Waals surface area contributed by atoms with Crippen molar-refractivity contribution in [3.63, 3.8) is 0 Å². The van der Waals surface area contributed by atoms with E-state index >= 15 is 0 Å². The van der Waals surface area contributed by atoms with Gasteiger partial charge in [0.05, 0.1) is 6.04 Å². The number of para-hydroxylation sites is 1. The van der Waals surface area contributed by atoms with Crippen molar-refractivity contribution in [3.8, 4) is 0 Å². The highest BCUT2D eigenvalue weighted by molar-refractivity contribution is 5.81. The van der Waals surface area contributed by atoms with E-state index in [2.05, 4.69) is 48.5 Å². The Labute approximate surface area is 108 Å². The quantitative estimate of drug-likeness (QED) is 0.836. The van der Waals surface area contributed by atoms with Gasteiger partial charge in [-0.25, -0.2) is 0 Å². The first-order valence-electron chi connectivity index (χ1n) is 6.66. The van der Waals surface area contributed by atoms with Gasteiger partial charge in [0.15, 0.2) is 0 Å². The van der Waals surface area contributed by atoms with E-state index < -0.39 is 0 Å². The van der Waals surface area contributed by atoms with Crippen LogP contribution in [-0.4, -0.2) is 31.6 Å². The van der Waals surface area contributed by atoms with Crippen molar-refractivity contribution in [2.45, 2.75) is 19.4 Å². The van der Waals surface area contributed by atoms with Crippen molar-refractivity contribution in [3.05, 3.63) is 35.6 Å². The summed E-state index contributed by atoms with van der Waals surface area (Å²) in [6, 6.07) is 8.85. The Morgan fingerprint density at radius 2 is 2.28 bits per heavy atom. The Hall–Kier alpha value is -1.32. The third-order valence-corrected chi connectivity index (χ3v) is 3.82. The molecule has 1 atom stereocenters. The third kappa shape index (κ3) is 2.04. The van der Waals surface area contributed by atoms with Crippen LogP contribution in [0.3, 0.4) is 0 Å². The molecule has 1 saturated heterocycles. The third-order valence-electron chi connectivity index (χ3n) is 3.82. The largest absolute Gasteiger partial charge is 0.459 e. The van der Waals surface area contributed by atoms with Gasteiger partial charge >= 0.3 is 0 Å². The number of hydrogen-bond acceptors (Lipinski definition) is 3. The molecule has 0 saturated carbocycles. The summed E-state index contributed by atoms with van der Waals surface area (Å²) in [6.07, 6.45) is 1.20. The average Bonchev–Trinajstić information content (AvgIpc) is 2.67. The molecule has 1 aliphatic heterocycles. The Morgan fingerprint density at radius 1 is 1.39 bits per heavy atom. The lowest BCUT2D eigenvalue weighted by Gasteiger charge is -2.23. The summed E-state index contributed by atoms with van der Waals surface area (Å²) in [6.45, 7) is 5.29. The molecule has 0 radical (unpaired) electrons. The molecule has 18 heavy (non-hydrogen) atoms. The Bertz CT molecular complexity index is 546. The molecule has 2 aromatic rings. The molecule has 96 valence electrons. The van der Waals surface area contributed by atoms with Gasteiger partial charge in [0.2, 0.25) is 0 Å². The van der Waals surface area contributed by atoms with Crippen molar-refractivity contribution >= 4 is 11.0 Å². The molecule has 1 N–H and O–H groups in total. The highest BCUT2D eigenvalue weighted by Gasteiger charge is 2.22. The molecule has 1 aromatic carbocycles. The minimum atomic E-state index is 0.347. The number of benzene rings is 1. The lowest BCUT2D eigenvalue weighted by Crippen LogP contribution is -2.29. The second-order valence-corrected chi connectivity index (χ2v) is 5.20. The second-order valence-electron chi connectivity index (χ2n) is 5.20. The minimum absolute atomic E-state index is 0.347. The topological polar surface area (TPSA) is 28.4 Å². The fourth-order valence-corrected chi connectivity index (χ4v) is 2.71. The van der Waals surface area contributed by atoms with Crippen LogP contribution in [0.4, 0.5) is 0 Å². The standard InChI is InChI=1S/C15H20N2O/c1-11-5-3-6-12-9-14(18-15(11)12)13-10-16-7-4-8-17(13)2/h3,5-6,9,13,16H,4,7-8,10H2,1-2H3. The van der Waals surface area contributed by atoms with Crippen molar-refractivity contribution in [2.24, 2.45) is 0 Å². The van der Waals surface area contributed by atoms with Gasteiger partial charge in [0.1, 0.15) is 11.3 Å². The van der Waals surface area contributed by atoms with Crippen LogP contribution >= 0.6 is 0 Å². The van der Waals surface area contributed by atoms with Gasteiger partial charge in [-0.15, -0.1) is 0 Å². The fourth-order valence-electron chi connectivity index (χ4n) is 2.71. The van der Waals surface area contributed by atoms with Crippen LogP contribution in [-0.2, 0) is 0 Å². The van der Waals surface area contributed by atoms with Gasteiger partial charge in [-0.3, -0.25) is 4.90 Å². The van der Waals surface area contributed by atoms with E-state index in [1.165, 1.54) is 17.4 Å². The Balaban J connectivity index is 2.00. The number of nitrogens with zero attached hydrogens (tertiary/aromatic N) is 1. The normalized spacial score (nSPS) is 22.2. The molecule has 0 amide bonds. The molecule has 1 unspecified atom stereocenters. The zero-order valence-electron chi connectivity index (χ0n) is 11.1. The van der Waals surface area contributed by atoms with Crippen LogP contribution in [0.2, 0.25) is 0 Å². The first-order chi connectivity index (χ1) is 8.75. The summed E-state index contributed by atoms with van der Waals surface area (Å²) in [5.74, 6) is 1.08. The second kappa shape index (κ2) is 4.75. The smallest absolute Gasteiger partial charge is 0.137 e. The van der Waals surface area contributed by atoms with Gasteiger partial charge < -0.3 is 9.73 Å². The molecule has 1 aromatic heterocycles. The maximum Gasteiger partial charge on any atom is 0.137 e. The fraction of sp³-hybridized carbons (Fsp3) is 0.467. The van der Waals surface area contributed by atoms with Gasteiger partial charge in [0, 0.05) is 11.9 Å². The van der Waals surface area contributed by atoms with Gasteiger partial charge in [-0.1, -0.05) is 18.2 Å². The first kappa shape index (κ1) is 11.8. The summed E-state index contributed by atoms with van der Waals surface area (Å²) < 4.78 is 6.08. The van der Waals surface area contributed by atoms with Crippen LogP contribution < -0.4 is 5.32 Å². The number of furan rings is 1. The first-order valence-corrected chi connectivity index (χ1v) is 6.66. The highest BCUT2D eigenvalue weighted by Crippen LogP contribution is 2.29. The van der Waals surface area contributed by atoms with Crippen molar-refractivity contribution < 1.29 is 4.42 Å². The Kier molecular flexibility index (Phi) is 3.10. The number of likely N-dealkylation sites (N-methyl/N-ethyl adjacent to an activating group) is 1. The predicted molar refractivity (Wildman–Crippen MR) is 73.8 cm³/mol. The van der Waals surface area contributed by atoms with Crippen molar-refractivity contribution in [2.75, 3.05) is 26.7 Å². The van der Waals surface area contributed by atoms with Crippen LogP contribution in [0.1, 0.15) is 23.8 Å². The number of rotatable bonds is 1. The number of nitrogens with one attached hydrogen (secondary N) is 1. The SMILES string of the molecule is Cc1cccc2cc(C3CNCCCN3C)oc12. The summed E-state index contributed by atoms with van der Waals surface area (Å²) in [4.78, 5) is 2.38. The zero-order valence-corrected chi connectivity index (χ0v) is 11.1. The Morgan fingerprint density at radius 3 is 3.11 bits per heavy atom. The molecular formula is C15H20N2O. The lowest BCUT2D eigenvalue weighted by atomic mass is 10.1. The molecule has 0 spiro atoms. The molecule has 3 rings (SSSR count). The summed E-state index contributed by atoms with van der Waals surface area (Å²) in [5, 5.41) is 4.69. The summed E-state index contributed by atoms with van der Waals surface area (Å²) in [7, 11) is 2.18. The molecule has 0 aliphatic carbocycles. The molecule has 3 heteroatoms. The van der Waals surface area contributed by atoms with Crippen LogP contribution in [0.25, 0.3) is 11.0 Å². The van der Waals surface area contributed by atoms with E-state index in [1.807, 2.05) is 0 Å². The van der Waals surface area contributed by atoms with E-state index in [0.717, 1.165) is 31.0 Å². The van der Waals surface area contributed by atoms with E-state index in [1.54, 1.807) is 0 Å². The molecular weight excluding hydrogens is 224 g/mol. The minimum Gasteiger partial charge on any atom is -0.459 e. The molecule has 1 fully saturated rings. The maximum absolute atomic E-state index is 6.08. The van der Waals surface area contributed by atoms with Gasteiger partial charge in [-0.2, -0.15) is 0 Å². The van der Waals surface area contributed by atoms with Crippen LogP contribution in [0.5, 0.6) is 0 Å². The lowest BCUT2D eigenvalue weighted by molar-refractivity contribution is 0.233. The summed E-state index contributed by atoms with van der Waals surface area (Å²) in [5.41, 5.74) is 2.24. The van der Waals surface area contributed by atoms with E-state index in [-0.39, 0.29) is 0 Å². The average molecular weight is 244 g/mol. The molecule has 1 aliphatic rings. The highest BCUT2D eigenvalue weighted by atomic mass is 16.3. The molecule has 0 bridgehead atoms. The number of fused-ring (bicyclic) bond motifs is 1. The molecule has 2 heterocycles. The molecule has 3 nitrogen and oxygen atoms in total. The maximum atomic E-state index is 6.08.